The molecule has 1 amide bonds. The smallest absolute Gasteiger partial charge is 0.264 e. The molecule has 162 valence electrons. The van der Waals surface area contributed by atoms with Crippen molar-refractivity contribution in [3.8, 4) is 11.5 Å². The molecule has 7 nitrogen and oxygen atoms in total. The fourth-order valence-corrected chi connectivity index (χ4v) is 4.46. The molecule has 1 N–H and O–H groups in total. The van der Waals surface area contributed by atoms with E-state index >= 15 is 0 Å². The lowest BCUT2D eigenvalue weighted by molar-refractivity contribution is -0.114. The predicted molar refractivity (Wildman–Crippen MR) is 121 cm³/mol. The summed E-state index contributed by atoms with van der Waals surface area (Å²) in [6, 6.07) is 19.0. The first-order valence-corrected chi connectivity index (χ1v) is 11.0. The van der Waals surface area contributed by atoms with Gasteiger partial charge in [0.2, 0.25) is 5.91 Å². The number of carbonyl (C=O) groups excluding carboxylic acids is 1. The van der Waals surface area contributed by atoms with E-state index in [2.05, 4.69) is 5.32 Å². The Morgan fingerprint density at radius 1 is 0.935 bits per heavy atom. The van der Waals surface area contributed by atoms with Crippen LogP contribution < -0.4 is 19.1 Å². The zero-order valence-corrected chi connectivity index (χ0v) is 18.5. The largest absolute Gasteiger partial charge is 0.493 e. The fraction of sp³-hybridized carbons (Fsp3) is 0.136. The summed E-state index contributed by atoms with van der Waals surface area (Å²) in [5.74, 6) is 0.420. The highest BCUT2D eigenvalue weighted by molar-refractivity contribution is 7.92. The number of carbonyl (C=O) groups is 1. The normalized spacial score (nSPS) is 10.9. The summed E-state index contributed by atoms with van der Waals surface area (Å²) in [6.45, 7) is -0.437. The summed E-state index contributed by atoms with van der Waals surface area (Å²) in [5, 5.41) is 3.15. The van der Waals surface area contributed by atoms with Crippen molar-refractivity contribution in [2.24, 2.45) is 0 Å². The fourth-order valence-electron chi connectivity index (χ4n) is 2.89. The molecule has 0 aliphatic carbocycles. The quantitative estimate of drug-likeness (QED) is 0.544. The number of anilines is 2. The van der Waals surface area contributed by atoms with Gasteiger partial charge in [-0.25, -0.2) is 8.42 Å². The van der Waals surface area contributed by atoms with Gasteiger partial charge in [0.15, 0.2) is 11.5 Å². The summed E-state index contributed by atoms with van der Waals surface area (Å²) in [4.78, 5) is 12.9. The lowest BCUT2D eigenvalue weighted by atomic mass is 10.2. The van der Waals surface area contributed by atoms with Crippen LogP contribution in [0.4, 0.5) is 11.4 Å². The van der Waals surface area contributed by atoms with Gasteiger partial charge in [0, 0.05) is 16.8 Å². The second-order valence-corrected chi connectivity index (χ2v) is 8.72. The average Bonchev–Trinajstić information content (AvgIpc) is 2.78. The molecule has 3 aromatic carbocycles. The van der Waals surface area contributed by atoms with Crippen LogP contribution in [0.1, 0.15) is 0 Å². The van der Waals surface area contributed by atoms with Gasteiger partial charge in [-0.1, -0.05) is 29.8 Å². The monoisotopic (exact) mass is 460 g/mol. The summed E-state index contributed by atoms with van der Waals surface area (Å²) in [5.41, 5.74) is 0.756. The van der Waals surface area contributed by atoms with Crippen LogP contribution in [0.15, 0.2) is 77.7 Å². The number of rotatable bonds is 8. The topological polar surface area (TPSA) is 84.9 Å². The van der Waals surface area contributed by atoms with Crippen molar-refractivity contribution in [3.05, 3.63) is 77.8 Å². The molecule has 0 bridgehead atoms. The molecule has 3 aromatic rings. The lowest BCUT2D eigenvalue weighted by Gasteiger charge is -2.24. The van der Waals surface area contributed by atoms with Crippen molar-refractivity contribution in [1.82, 2.24) is 0 Å². The molecule has 0 saturated carbocycles. The van der Waals surface area contributed by atoms with Gasteiger partial charge in [0.05, 0.1) is 24.8 Å². The Morgan fingerprint density at radius 2 is 1.58 bits per heavy atom. The number of methoxy groups -OCH3 is 2. The molecule has 9 heteroatoms. The number of sulfonamides is 1. The molecular formula is C22H21ClN2O5S. The van der Waals surface area contributed by atoms with Crippen LogP contribution in [0.25, 0.3) is 0 Å². The molecule has 0 fully saturated rings. The van der Waals surface area contributed by atoms with Crippen LogP contribution in [0.2, 0.25) is 5.02 Å². The molecule has 0 atom stereocenters. The highest BCUT2D eigenvalue weighted by Crippen LogP contribution is 2.30. The average molecular weight is 461 g/mol. The molecule has 3 rings (SSSR count). The van der Waals surface area contributed by atoms with Crippen LogP contribution in [0.3, 0.4) is 0 Å². The predicted octanol–water partition coefficient (Wildman–Crippen LogP) is 4.19. The van der Waals surface area contributed by atoms with Gasteiger partial charge in [-0.05, 0) is 48.5 Å². The zero-order chi connectivity index (χ0) is 22.4. The van der Waals surface area contributed by atoms with Crippen molar-refractivity contribution in [2.75, 3.05) is 30.4 Å². The van der Waals surface area contributed by atoms with E-state index in [0.717, 1.165) is 4.31 Å². The number of hydrogen-bond donors (Lipinski definition) is 1. The molecule has 0 saturated heterocycles. The van der Waals surface area contributed by atoms with Gasteiger partial charge in [-0.15, -0.1) is 0 Å². The number of nitrogens with one attached hydrogen (secondary N) is 1. The number of nitrogens with zero attached hydrogens (tertiary/aromatic N) is 1. The molecule has 0 aliphatic heterocycles. The molecule has 0 unspecified atom stereocenters. The number of benzene rings is 3. The van der Waals surface area contributed by atoms with Crippen molar-refractivity contribution >= 4 is 38.9 Å². The Morgan fingerprint density at radius 3 is 2.19 bits per heavy atom. The maximum Gasteiger partial charge on any atom is 0.264 e. The van der Waals surface area contributed by atoms with E-state index < -0.39 is 22.5 Å². The number of amides is 1. The molecule has 0 spiro atoms. The minimum absolute atomic E-state index is 0.0730. The molecular weight excluding hydrogens is 440 g/mol. The summed E-state index contributed by atoms with van der Waals surface area (Å²) in [6.07, 6.45) is 0. The van der Waals surface area contributed by atoms with E-state index in [0.29, 0.717) is 27.9 Å². The SMILES string of the molecule is COc1ccc(NC(=O)CN(c2ccc(Cl)cc2)S(=O)(=O)c2ccccc2)cc1OC. The maximum atomic E-state index is 13.3. The number of ether oxygens (including phenoxy) is 2. The van der Waals surface area contributed by atoms with E-state index in [1.54, 1.807) is 60.7 Å². The van der Waals surface area contributed by atoms with Crippen molar-refractivity contribution in [3.63, 3.8) is 0 Å². The first-order valence-electron chi connectivity index (χ1n) is 9.20. The molecule has 31 heavy (non-hydrogen) atoms. The van der Waals surface area contributed by atoms with Crippen LogP contribution in [-0.4, -0.2) is 35.1 Å². The molecule has 0 radical (unpaired) electrons. The summed E-state index contributed by atoms with van der Waals surface area (Å²) < 4.78 is 38.0. The Balaban J connectivity index is 1.90. The molecule has 0 aliphatic rings. The Kier molecular flexibility index (Phi) is 7.04. The van der Waals surface area contributed by atoms with E-state index in [4.69, 9.17) is 21.1 Å². The minimum Gasteiger partial charge on any atom is -0.493 e. The van der Waals surface area contributed by atoms with Crippen LogP contribution in [0, 0.1) is 0 Å². The van der Waals surface area contributed by atoms with Gasteiger partial charge in [0.25, 0.3) is 10.0 Å². The van der Waals surface area contributed by atoms with Crippen LogP contribution >= 0.6 is 11.6 Å². The maximum absolute atomic E-state index is 13.3. The Labute approximate surface area is 186 Å². The number of hydrogen-bond acceptors (Lipinski definition) is 5. The van der Waals surface area contributed by atoms with Crippen molar-refractivity contribution in [2.45, 2.75) is 4.90 Å². The van der Waals surface area contributed by atoms with Gasteiger partial charge < -0.3 is 14.8 Å². The van der Waals surface area contributed by atoms with Gasteiger partial charge in [-0.2, -0.15) is 0 Å². The van der Waals surface area contributed by atoms with E-state index in [9.17, 15) is 13.2 Å². The molecule has 0 aromatic heterocycles. The van der Waals surface area contributed by atoms with Gasteiger partial charge in [-0.3, -0.25) is 9.10 Å². The highest BCUT2D eigenvalue weighted by Gasteiger charge is 2.27. The third-order valence-electron chi connectivity index (χ3n) is 4.40. The first-order chi connectivity index (χ1) is 14.8. The Hall–Kier alpha value is -3.23. The first kappa shape index (κ1) is 22.5. The minimum atomic E-state index is -3.99. The summed E-state index contributed by atoms with van der Waals surface area (Å²) in [7, 11) is -1.00. The van der Waals surface area contributed by atoms with Gasteiger partial charge >= 0.3 is 0 Å². The zero-order valence-electron chi connectivity index (χ0n) is 16.9. The summed E-state index contributed by atoms with van der Waals surface area (Å²) >= 11 is 5.94. The van der Waals surface area contributed by atoms with Crippen LogP contribution in [0.5, 0.6) is 11.5 Å². The standard InChI is InChI=1S/C22H21ClN2O5S/c1-29-20-13-10-17(14-21(20)30-2)24-22(26)15-25(18-11-8-16(23)9-12-18)31(27,28)19-6-4-3-5-7-19/h3-14H,15H2,1-2H3,(H,24,26). The second kappa shape index (κ2) is 9.72. The number of halogens is 1. The van der Waals surface area contributed by atoms with E-state index in [1.165, 1.54) is 26.4 Å². The third-order valence-corrected chi connectivity index (χ3v) is 6.44. The molecule has 0 heterocycles. The lowest BCUT2D eigenvalue weighted by Crippen LogP contribution is -2.38. The third kappa shape index (κ3) is 5.28. The van der Waals surface area contributed by atoms with Crippen molar-refractivity contribution < 1.29 is 22.7 Å². The second-order valence-electron chi connectivity index (χ2n) is 6.42. The van der Waals surface area contributed by atoms with Crippen LogP contribution in [-0.2, 0) is 14.8 Å². The van der Waals surface area contributed by atoms with E-state index in [1.807, 2.05) is 0 Å². The van der Waals surface area contributed by atoms with Gasteiger partial charge in [0.1, 0.15) is 6.54 Å². The highest BCUT2D eigenvalue weighted by atomic mass is 35.5. The van der Waals surface area contributed by atoms with Crippen molar-refractivity contribution in [1.29, 1.82) is 0 Å². The van der Waals surface area contributed by atoms with E-state index in [-0.39, 0.29) is 4.90 Å². The Bertz CT molecular complexity index is 1150.